The second kappa shape index (κ2) is 10.9. The summed E-state index contributed by atoms with van der Waals surface area (Å²) in [6, 6.07) is 15.5. The Kier molecular flexibility index (Phi) is 7.34. The largest absolute Gasteiger partial charge is 0.264 e. The van der Waals surface area contributed by atoms with E-state index in [1.807, 2.05) is 35.1 Å². The number of pyridine rings is 2. The van der Waals surface area contributed by atoms with Crippen molar-refractivity contribution in [2.75, 3.05) is 6.54 Å². The number of halogens is 1. The monoisotopic (exact) mass is 571 g/mol. The lowest BCUT2D eigenvalue weighted by molar-refractivity contribution is 0.159. The molecule has 4 aromatic rings. The number of hydrogen-bond donors (Lipinski definition) is 0. The van der Waals surface area contributed by atoms with E-state index in [1.54, 1.807) is 41.1 Å². The molecule has 2 aliphatic rings. The summed E-state index contributed by atoms with van der Waals surface area (Å²) < 4.78 is 45.1. The normalized spacial score (nSPS) is 20.9. The molecule has 6 rings (SSSR count). The third-order valence-corrected chi connectivity index (χ3v) is 10.8. The van der Waals surface area contributed by atoms with E-state index in [0.717, 1.165) is 41.9 Å². The molecule has 212 valence electrons. The standard InChI is InChI=1S/C32H34FN5O2S/c1-23(37(17-14-28-7-3-4-16-35-28)41(39,40)22-24-6-5-15-34-20-24)30-13-8-26-18-31-25(19-32(26,30)2)21-36-38(31)29-11-9-27(33)10-12-29/h3-7,9-12,15-16,18,20-21,23,30H,8,13-14,17,19,22H2,1-2H3/t23?,30-,32+/m1/s1. The number of rotatable bonds is 9. The van der Waals surface area contributed by atoms with E-state index in [-0.39, 0.29) is 28.9 Å². The molecule has 41 heavy (non-hydrogen) atoms. The second-order valence-electron chi connectivity index (χ2n) is 11.4. The van der Waals surface area contributed by atoms with Crippen LogP contribution in [0, 0.1) is 17.2 Å². The summed E-state index contributed by atoms with van der Waals surface area (Å²) in [5, 5.41) is 4.64. The number of benzene rings is 1. The Balaban J connectivity index is 1.30. The Hall–Kier alpha value is -3.69. The molecule has 3 atom stereocenters. The molecule has 1 fully saturated rings. The van der Waals surface area contributed by atoms with Gasteiger partial charge in [-0.1, -0.05) is 24.6 Å². The van der Waals surface area contributed by atoms with Crippen LogP contribution in [0.3, 0.4) is 0 Å². The lowest BCUT2D eigenvalue weighted by Crippen LogP contribution is -2.48. The minimum Gasteiger partial charge on any atom is -0.264 e. The van der Waals surface area contributed by atoms with Gasteiger partial charge in [0.25, 0.3) is 0 Å². The van der Waals surface area contributed by atoms with E-state index in [0.29, 0.717) is 18.5 Å². The zero-order valence-electron chi connectivity index (χ0n) is 23.3. The van der Waals surface area contributed by atoms with Gasteiger partial charge >= 0.3 is 0 Å². The topological polar surface area (TPSA) is 81.0 Å². The van der Waals surface area contributed by atoms with Gasteiger partial charge in [0.15, 0.2) is 0 Å². The summed E-state index contributed by atoms with van der Waals surface area (Å²) >= 11 is 0. The molecule has 0 spiro atoms. The predicted molar refractivity (Wildman–Crippen MR) is 157 cm³/mol. The molecular formula is C32H34FN5O2S. The van der Waals surface area contributed by atoms with Crippen molar-refractivity contribution in [2.24, 2.45) is 11.3 Å². The summed E-state index contributed by atoms with van der Waals surface area (Å²) in [7, 11) is -3.64. The van der Waals surface area contributed by atoms with Crippen LogP contribution >= 0.6 is 0 Å². The molecule has 1 aromatic carbocycles. The highest BCUT2D eigenvalue weighted by Gasteiger charge is 2.50. The highest BCUT2D eigenvalue weighted by molar-refractivity contribution is 7.88. The molecule has 9 heteroatoms. The minimum absolute atomic E-state index is 0.0892. The Morgan fingerprint density at radius 3 is 2.66 bits per heavy atom. The lowest BCUT2D eigenvalue weighted by Gasteiger charge is -2.42. The number of nitrogens with zero attached hydrogens (tertiary/aromatic N) is 5. The van der Waals surface area contributed by atoms with Crippen LogP contribution in [0.2, 0.25) is 0 Å². The Morgan fingerprint density at radius 1 is 1.10 bits per heavy atom. The van der Waals surface area contributed by atoms with Gasteiger partial charge in [0.05, 0.1) is 23.3 Å². The summed E-state index contributed by atoms with van der Waals surface area (Å²) in [5.74, 6) is -0.239. The third kappa shape index (κ3) is 5.36. The first-order valence-corrected chi connectivity index (χ1v) is 15.7. The first kappa shape index (κ1) is 27.5. The van der Waals surface area contributed by atoms with Crippen molar-refractivity contribution < 1.29 is 12.8 Å². The predicted octanol–water partition coefficient (Wildman–Crippen LogP) is 5.62. The Bertz CT molecular complexity index is 1660. The lowest BCUT2D eigenvalue weighted by atomic mass is 9.68. The van der Waals surface area contributed by atoms with Crippen molar-refractivity contribution in [3.05, 3.63) is 113 Å². The molecule has 3 heterocycles. The van der Waals surface area contributed by atoms with Gasteiger partial charge < -0.3 is 0 Å². The summed E-state index contributed by atoms with van der Waals surface area (Å²) in [6.45, 7) is 4.70. The summed E-state index contributed by atoms with van der Waals surface area (Å²) in [5.41, 5.74) is 5.63. The SMILES string of the molecule is CC([C@H]1CCC2=Cc3c(cnn3-c3ccc(F)cc3)C[C@@]21C)N(CCc1ccccn1)S(=O)(=O)Cc1cccnc1. The van der Waals surface area contributed by atoms with E-state index in [1.165, 1.54) is 17.7 Å². The van der Waals surface area contributed by atoms with Gasteiger partial charge in [-0.2, -0.15) is 9.40 Å². The van der Waals surface area contributed by atoms with Crippen LogP contribution in [-0.2, 0) is 28.6 Å². The number of allylic oxidation sites excluding steroid dienone is 1. The number of hydrogen-bond acceptors (Lipinski definition) is 5. The molecule has 0 saturated heterocycles. The van der Waals surface area contributed by atoms with Crippen LogP contribution in [-0.4, -0.2) is 45.1 Å². The van der Waals surface area contributed by atoms with Crippen LogP contribution in [0.25, 0.3) is 11.8 Å². The number of fused-ring (bicyclic) bond motifs is 2. The van der Waals surface area contributed by atoms with Gasteiger partial charge in [0, 0.05) is 43.3 Å². The van der Waals surface area contributed by atoms with E-state index in [9.17, 15) is 12.8 Å². The minimum atomic E-state index is -3.64. The van der Waals surface area contributed by atoms with Crippen LogP contribution in [0.5, 0.6) is 0 Å². The van der Waals surface area contributed by atoms with Crippen molar-refractivity contribution in [1.82, 2.24) is 24.1 Å². The average Bonchev–Trinajstić information content (AvgIpc) is 3.52. The smallest absolute Gasteiger partial charge is 0.218 e. The quantitative estimate of drug-likeness (QED) is 0.261. The third-order valence-electron chi connectivity index (χ3n) is 8.88. The van der Waals surface area contributed by atoms with Gasteiger partial charge in [-0.3, -0.25) is 9.97 Å². The zero-order chi connectivity index (χ0) is 28.6. The molecule has 3 aromatic heterocycles. The van der Waals surface area contributed by atoms with Crippen molar-refractivity contribution >= 4 is 16.1 Å². The van der Waals surface area contributed by atoms with Crippen molar-refractivity contribution in [1.29, 1.82) is 0 Å². The van der Waals surface area contributed by atoms with Gasteiger partial charge in [0.2, 0.25) is 10.0 Å². The fraction of sp³-hybridized carbons (Fsp3) is 0.344. The first-order valence-electron chi connectivity index (χ1n) is 14.1. The Labute approximate surface area is 240 Å². The van der Waals surface area contributed by atoms with E-state index in [4.69, 9.17) is 0 Å². The maximum absolute atomic E-state index is 14.0. The Morgan fingerprint density at radius 2 is 1.93 bits per heavy atom. The fourth-order valence-corrected chi connectivity index (χ4v) is 8.56. The van der Waals surface area contributed by atoms with Crippen molar-refractivity contribution in [3.63, 3.8) is 0 Å². The van der Waals surface area contributed by atoms with Crippen LogP contribution < -0.4 is 0 Å². The molecular weight excluding hydrogens is 537 g/mol. The van der Waals surface area contributed by atoms with Gasteiger partial charge in [-0.25, -0.2) is 17.5 Å². The van der Waals surface area contributed by atoms with Gasteiger partial charge in [0.1, 0.15) is 5.82 Å². The average molecular weight is 572 g/mol. The van der Waals surface area contributed by atoms with Crippen LogP contribution in [0.4, 0.5) is 4.39 Å². The van der Waals surface area contributed by atoms with E-state index in [2.05, 4.69) is 35.0 Å². The van der Waals surface area contributed by atoms with Gasteiger partial charge in [-0.15, -0.1) is 0 Å². The molecule has 1 saturated carbocycles. The highest BCUT2D eigenvalue weighted by Crippen LogP contribution is 2.55. The molecule has 2 aliphatic carbocycles. The van der Waals surface area contributed by atoms with E-state index >= 15 is 0 Å². The summed E-state index contributed by atoms with van der Waals surface area (Å²) in [4.78, 5) is 8.57. The fourth-order valence-electron chi connectivity index (χ4n) is 6.78. The maximum atomic E-state index is 14.0. The number of sulfonamides is 1. The molecule has 0 aliphatic heterocycles. The second-order valence-corrected chi connectivity index (χ2v) is 13.3. The molecule has 0 radical (unpaired) electrons. The number of aromatic nitrogens is 4. The van der Waals surface area contributed by atoms with Crippen LogP contribution in [0.15, 0.2) is 85.0 Å². The maximum Gasteiger partial charge on any atom is 0.218 e. The molecule has 7 nitrogen and oxygen atoms in total. The first-order chi connectivity index (χ1) is 19.7. The molecule has 1 unspecified atom stereocenters. The molecule has 0 N–H and O–H groups in total. The van der Waals surface area contributed by atoms with Gasteiger partial charge in [-0.05, 0) is 97.2 Å². The molecule has 0 amide bonds. The van der Waals surface area contributed by atoms with E-state index < -0.39 is 10.0 Å². The zero-order valence-corrected chi connectivity index (χ0v) is 24.1. The highest BCUT2D eigenvalue weighted by atomic mass is 32.2. The molecule has 0 bridgehead atoms. The summed E-state index contributed by atoms with van der Waals surface area (Å²) in [6.07, 6.45) is 12.3. The van der Waals surface area contributed by atoms with Crippen LogP contribution in [0.1, 0.15) is 49.2 Å². The van der Waals surface area contributed by atoms with Crippen molar-refractivity contribution in [3.8, 4) is 5.69 Å². The van der Waals surface area contributed by atoms with Crippen molar-refractivity contribution in [2.45, 2.75) is 51.3 Å².